The van der Waals surface area contributed by atoms with E-state index in [0.29, 0.717) is 16.7 Å². The number of aryl methyl sites for hydroxylation is 1. The Morgan fingerprint density at radius 1 is 1.19 bits per heavy atom. The molecule has 2 heterocycles. The number of hydrogen-bond donors (Lipinski definition) is 5. The van der Waals surface area contributed by atoms with Gasteiger partial charge in [0.1, 0.15) is 29.9 Å². The number of fused-ring (bicyclic) bond motifs is 1. The molecule has 5 atom stereocenters. The van der Waals surface area contributed by atoms with Crippen LogP contribution in [0.1, 0.15) is 5.56 Å². The summed E-state index contributed by atoms with van der Waals surface area (Å²) < 4.78 is 31.0. The second-order valence-electron chi connectivity index (χ2n) is 5.69. The third kappa shape index (κ3) is 4.77. The lowest BCUT2D eigenvalue weighted by molar-refractivity contribution is -0.245. The quantitative estimate of drug-likeness (QED) is 0.397. The Morgan fingerprint density at radius 3 is 2.41 bits per heavy atom. The van der Waals surface area contributed by atoms with Gasteiger partial charge in [-0.2, -0.15) is 12.8 Å². The molecule has 12 nitrogen and oxygen atoms in total. The van der Waals surface area contributed by atoms with Crippen LogP contribution in [0.3, 0.4) is 0 Å². The molecule has 0 radical (unpaired) electrons. The zero-order chi connectivity index (χ0) is 20.1. The lowest BCUT2D eigenvalue weighted by atomic mass is 9.96. The van der Waals surface area contributed by atoms with Gasteiger partial charge in [-0.3, -0.25) is 0 Å². The van der Waals surface area contributed by atoms with E-state index in [9.17, 15) is 23.7 Å². The van der Waals surface area contributed by atoms with Crippen LogP contribution in [0.5, 0.6) is 0 Å². The maximum absolute atomic E-state index is 10.1. The number of nitrogens with zero attached hydrogens (tertiary/aromatic N) is 3. The summed E-state index contributed by atoms with van der Waals surface area (Å²) in [6.45, 7) is 1.34. The second-order valence-corrected chi connectivity index (χ2v) is 6.49. The van der Waals surface area contributed by atoms with Gasteiger partial charge in [-0.25, -0.2) is 4.63 Å². The Kier molecular flexibility index (Phi) is 7.18. The summed E-state index contributed by atoms with van der Waals surface area (Å²) in [4.78, 5) is 0. The number of aliphatic hydroxyl groups excluding tert-OH is 4. The summed E-state index contributed by atoms with van der Waals surface area (Å²) in [5, 5.41) is 49.5. The number of anilines is 1. The van der Waals surface area contributed by atoms with Crippen molar-refractivity contribution in [3.8, 4) is 0 Å². The van der Waals surface area contributed by atoms with Crippen LogP contribution in [0.25, 0.3) is 11.0 Å². The molecule has 2 unspecified atom stereocenters. The molecule has 0 aliphatic carbocycles. The van der Waals surface area contributed by atoms with E-state index < -0.39 is 47.8 Å². The van der Waals surface area contributed by atoms with E-state index in [4.69, 9.17) is 14.5 Å². The highest BCUT2D eigenvalue weighted by molar-refractivity contribution is 7.61. The van der Waals surface area contributed by atoms with Crippen molar-refractivity contribution in [3.63, 3.8) is 0 Å². The summed E-state index contributed by atoms with van der Waals surface area (Å²) in [6.07, 6.45) is -5.12. The van der Waals surface area contributed by atoms with Crippen LogP contribution in [0, 0.1) is 6.92 Å². The third-order valence-electron chi connectivity index (χ3n) is 3.99. The van der Waals surface area contributed by atoms with E-state index in [-0.39, 0.29) is 0 Å². The molecule has 0 saturated carbocycles. The molecule has 1 aliphatic heterocycles. The van der Waals surface area contributed by atoms with Crippen LogP contribution >= 0.6 is 0 Å². The minimum Gasteiger partial charge on any atom is -0.394 e. The highest BCUT2D eigenvalue weighted by Crippen LogP contribution is 2.27. The maximum atomic E-state index is 10.1. The number of nitrogens with one attached hydrogen (secondary N) is 1. The van der Waals surface area contributed by atoms with Crippen molar-refractivity contribution >= 4 is 27.2 Å². The summed E-state index contributed by atoms with van der Waals surface area (Å²) in [7, 11) is -0.986. The number of aliphatic hydroxyl groups is 4. The smallest absolute Gasteiger partial charge is 0.310 e. The number of aromatic nitrogens is 2. The predicted octanol–water partition coefficient (Wildman–Crippen LogP) is -1.58. The first-order valence-corrected chi connectivity index (χ1v) is 8.81. The topological polar surface area (TPSA) is 188 Å². The summed E-state index contributed by atoms with van der Waals surface area (Å²) in [6, 6.07) is 2.48. The van der Waals surface area contributed by atoms with Gasteiger partial charge in [0.05, 0.1) is 12.3 Å². The van der Waals surface area contributed by atoms with Crippen molar-refractivity contribution in [3.05, 3.63) is 17.7 Å². The van der Waals surface area contributed by atoms with E-state index >= 15 is 0 Å². The average Bonchev–Trinajstić information content (AvgIpc) is 3.15. The van der Waals surface area contributed by atoms with Gasteiger partial charge >= 0.3 is 10.5 Å². The minimum atomic E-state index is -2.20. The van der Waals surface area contributed by atoms with Crippen molar-refractivity contribution in [2.45, 2.75) is 37.6 Å². The SMILES string of the molecule is CN=S(=O)=O.Cc1ccc(N[C@@H]2C(O)[C@@H](O)C(CO)O[C@@H]2O)c2nonc12. The maximum Gasteiger partial charge on any atom is 0.310 e. The fourth-order valence-corrected chi connectivity index (χ4v) is 2.54. The zero-order valence-electron chi connectivity index (χ0n) is 14.4. The molecule has 0 amide bonds. The standard InChI is InChI=1S/C13H17N3O6.CH3NO2S/c1-5-2-3-6(9-8(5)15-22-16-9)14-10-12(19)11(18)7(4-17)21-13(10)20;1-2-5(3)4/h2-3,7,10-14,17-20H,4H2,1H3;1H3/t7?,10-,11+,12?,13+;/m1./s1. The Bertz CT molecular complexity index is 894. The number of benzene rings is 1. The van der Waals surface area contributed by atoms with Gasteiger partial charge in [0.15, 0.2) is 11.8 Å². The first-order chi connectivity index (χ1) is 12.8. The lowest BCUT2D eigenvalue weighted by Crippen LogP contribution is -2.61. The molecule has 5 N–H and O–H groups in total. The van der Waals surface area contributed by atoms with Gasteiger partial charge in [-0.15, -0.1) is 0 Å². The highest BCUT2D eigenvalue weighted by atomic mass is 32.2. The molecule has 1 saturated heterocycles. The van der Waals surface area contributed by atoms with E-state index in [1.54, 1.807) is 12.1 Å². The normalized spacial score (nSPS) is 27.6. The van der Waals surface area contributed by atoms with Gasteiger partial charge in [-0.1, -0.05) is 6.07 Å². The summed E-state index contributed by atoms with van der Waals surface area (Å²) in [5.41, 5.74) is 2.34. The predicted molar refractivity (Wildman–Crippen MR) is 91.2 cm³/mol. The molecule has 27 heavy (non-hydrogen) atoms. The third-order valence-corrected chi connectivity index (χ3v) is 4.29. The molecule has 1 aromatic carbocycles. The van der Waals surface area contributed by atoms with Crippen molar-refractivity contribution in [2.75, 3.05) is 19.0 Å². The number of hydrogen-bond acceptors (Lipinski definition) is 12. The first kappa shape index (κ1) is 21.1. The van der Waals surface area contributed by atoms with Crippen LogP contribution in [0.2, 0.25) is 0 Å². The fourth-order valence-electron chi connectivity index (χ4n) is 2.54. The van der Waals surface area contributed by atoms with E-state index in [1.807, 2.05) is 6.92 Å². The molecule has 1 aliphatic rings. The van der Waals surface area contributed by atoms with E-state index in [1.165, 1.54) is 7.05 Å². The molecule has 1 aromatic heterocycles. The van der Waals surface area contributed by atoms with Crippen LogP contribution in [-0.2, 0) is 15.2 Å². The average molecular weight is 404 g/mol. The van der Waals surface area contributed by atoms with E-state index in [2.05, 4.69) is 20.0 Å². The van der Waals surface area contributed by atoms with Gasteiger partial charge in [0.2, 0.25) is 0 Å². The van der Waals surface area contributed by atoms with Gasteiger partial charge < -0.3 is 30.5 Å². The monoisotopic (exact) mass is 404 g/mol. The molecule has 13 heteroatoms. The molecular formula is C14H20N4O8S. The highest BCUT2D eigenvalue weighted by Gasteiger charge is 2.43. The zero-order valence-corrected chi connectivity index (χ0v) is 15.2. The molecule has 2 aromatic rings. The molecule has 0 bridgehead atoms. The molecular weight excluding hydrogens is 384 g/mol. The van der Waals surface area contributed by atoms with Crippen LogP contribution in [0.4, 0.5) is 5.69 Å². The van der Waals surface area contributed by atoms with Crippen molar-refractivity contribution in [1.29, 1.82) is 0 Å². The van der Waals surface area contributed by atoms with Gasteiger partial charge in [0.25, 0.3) is 0 Å². The first-order valence-electron chi connectivity index (χ1n) is 7.78. The number of rotatable bonds is 3. The van der Waals surface area contributed by atoms with E-state index in [0.717, 1.165) is 5.56 Å². The lowest BCUT2D eigenvalue weighted by Gasteiger charge is -2.40. The Balaban J connectivity index is 0.000000465. The molecule has 1 fully saturated rings. The summed E-state index contributed by atoms with van der Waals surface area (Å²) in [5.74, 6) is 0. The Labute approximate surface area is 155 Å². The Morgan fingerprint density at radius 2 is 1.81 bits per heavy atom. The van der Waals surface area contributed by atoms with Crippen LogP contribution < -0.4 is 5.32 Å². The Hall–Kier alpha value is -2.16. The van der Waals surface area contributed by atoms with Gasteiger partial charge in [-0.05, 0) is 28.9 Å². The summed E-state index contributed by atoms with van der Waals surface area (Å²) >= 11 is 0. The van der Waals surface area contributed by atoms with Crippen LogP contribution in [0.15, 0.2) is 21.1 Å². The van der Waals surface area contributed by atoms with Crippen LogP contribution in [-0.4, -0.2) is 83.5 Å². The van der Waals surface area contributed by atoms with Crippen molar-refractivity contribution < 1.29 is 38.2 Å². The molecule has 0 spiro atoms. The number of ether oxygens (including phenoxy) is 1. The second kappa shape index (κ2) is 9.16. The van der Waals surface area contributed by atoms with Crippen molar-refractivity contribution in [1.82, 2.24) is 10.3 Å². The largest absolute Gasteiger partial charge is 0.394 e. The van der Waals surface area contributed by atoms with Gasteiger partial charge in [0, 0.05) is 7.05 Å². The fraction of sp³-hybridized carbons (Fsp3) is 0.571. The molecule has 3 rings (SSSR count). The molecule has 150 valence electrons. The van der Waals surface area contributed by atoms with Crippen molar-refractivity contribution in [2.24, 2.45) is 4.36 Å². The minimum absolute atomic E-state index is 0.443.